The summed E-state index contributed by atoms with van der Waals surface area (Å²) >= 11 is 0. The van der Waals surface area contributed by atoms with E-state index in [1.165, 1.54) is 18.9 Å². The number of ether oxygens (including phenoxy) is 1. The molecular weight excluding hydrogens is 212 g/mol. The highest BCUT2D eigenvalue weighted by molar-refractivity contribution is 5.88. The van der Waals surface area contributed by atoms with E-state index >= 15 is 0 Å². The van der Waals surface area contributed by atoms with Crippen LogP contribution in [0, 0.1) is 0 Å². The number of nitrogens with zero attached hydrogens (tertiary/aromatic N) is 1. The molecule has 1 atom stereocenters. The summed E-state index contributed by atoms with van der Waals surface area (Å²) in [7, 11) is 1.30. The van der Waals surface area contributed by atoms with Gasteiger partial charge in [-0.15, -0.1) is 0 Å². The first-order chi connectivity index (χ1) is 7.56. The number of rotatable bonds is 3. The maximum Gasteiger partial charge on any atom is 0.328 e. The topological polar surface area (TPSA) is 75.7 Å². The summed E-state index contributed by atoms with van der Waals surface area (Å²) in [5.74, 6) is -0.904. The van der Waals surface area contributed by atoms with Crippen LogP contribution in [0.2, 0.25) is 0 Å². The first-order valence-electron chi connectivity index (χ1n) is 5.18. The van der Waals surface area contributed by atoms with E-state index in [2.05, 4.69) is 10.1 Å². The van der Waals surface area contributed by atoms with Crippen LogP contribution in [0.4, 0.5) is 0 Å². The maximum absolute atomic E-state index is 11.7. The van der Waals surface area contributed by atoms with E-state index < -0.39 is 12.0 Å². The van der Waals surface area contributed by atoms with Crippen molar-refractivity contribution >= 4 is 17.8 Å². The van der Waals surface area contributed by atoms with Gasteiger partial charge in [0.25, 0.3) is 0 Å². The molecule has 1 aliphatic heterocycles. The minimum atomic E-state index is -0.494. The zero-order valence-corrected chi connectivity index (χ0v) is 9.49. The van der Waals surface area contributed by atoms with Gasteiger partial charge in [0.15, 0.2) is 0 Å². The fourth-order valence-electron chi connectivity index (χ4n) is 1.75. The fourth-order valence-corrected chi connectivity index (χ4v) is 1.75. The number of hydrogen-bond donors (Lipinski definition) is 1. The molecule has 0 spiro atoms. The molecule has 1 heterocycles. The second-order valence-corrected chi connectivity index (χ2v) is 3.68. The molecule has 0 aromatic rings. The lowest BCUT2D eigenvalue weighted by atomic mass is 10.2. The number of methoxy groups -OCH3 is 1. The molecular formula is C10H16N2O4. The van der Waals surface area contributed by atoms with Crippen LogP contribution < -0.4 is 5.32 Å². The molecule has 0 radical (unpaired) electrons. The first-order valence-corrected chi connectivity index (χ1v) is 5.18. The van der Waals surface area contributed by atoms with Gasteiger partial charge in [0.2, 0.25) is 11.8 Å². The van der Waals surface area contributed by atoms with Gasteiger partial charge in [0, 0.05) is 13.5 Å². The van der Waals surface area contributed by atoms with Crippen LogP contribution in [0.1, 0.15) is 19.8 Å². The molecule has 0 saturated carbocycles. The molecule has 1 rings (SSSR count). The smallest absolute Gasteiger partial charge is 0.328 e. The molecule has 1 unspecified atom stereocenters. The van der Waals surface area contributed by atoms with Gasteiger partial charge in [-0.25, -0.2) is 4.79 Å². The standard InChI is InChI=1S/C10H16N2O4/c1-7(13)11-6-9(14)12-5-3-4-8(12)10(15)16-2/h8H,3-6H2,1-2H3,(H,11,13). The quantitative estimate of drug-likeness (QED) is 0.647. The van der Waals surface area contributed by atoms with Crippen LogP contribution in [0.25, 0.3) is 0 Å². The highest BCUT2D eigenvalue weighted by Crippen LogP contribution is 2.18. The number of carbonyl (C=O) groups is 3. The number of likely N-dealkylation sites (tertiary alicyclic amines) is 1. The van der Waals surface area contributed by atoms with Gasteiger partial charge in [-0.3, -0.25) is 9.59 Å². The van der Waals surface area contributed by atoms with Gasteiger partial charge in [0.05, 0.1) is 13.7 Å². The minimum absolute atomic E-state index is 0.0666. The van der Waals surface area contributed by atoms with Crippen molar-refractivity contribution in [3.63, 3.8) is 0 Å². The zero-order chi connectivity index (χ0) is 12.1. The van der Waals surface area contributed by atoms with Crippen molar-refractivity contribution < 1.29 is 19.1 Å². The summed E-state index contributed by atoms with van der Waals surface area (Å²) < 4.78 is 4.62. The third-order valence-electron chi connectivity index (χ3n) is 2.53. The Kier molecular flexibility index (Phi) is 4.28. The molecule has 6 nitrogen and oxygen atoms in total. The molecule has 0 aromatic heterocycles. The Hall–Kier alpha value is -1.59. The number of esters is 1. The summed E-state index contributed by atoms with van der Waals surface area (Å²) in [6.07, 6.45) is 1.41. The Morgan fingerprint density at radius 1 is 1.44 bits per heavy atom. The predicted octanol–water partition coefficient (Wildman–Crippen LogP) is -0.713. The van der Waals surface area contributed by atoms with E-state index in [1.54, 1.807) is 0 Å². The van der Waals surface area contributed by atoms with Crippen molar-refractivity contribution in [2.24, 2.45) is 0 Å². The van der Waals surface area contributed by atoms with Crippen LogP contribution in [-0.4, -0.2) is 48.9 Å². The van der Waals surface area contributed by atoms with Crippen molar-refractivity contribution in [3.8, 4) is 0 Å². The summed E-state index contributed by atoms with van der Waals surface area (Å²) in [5, 5.41) is 2.42. The van der Waals surface area contributed by atoms with Gasteiger partial charge in [-0.05, 0) is 12.8 Å². The predicted molar refractivity (Wildman–Crippen MR) is 55.4 cm³/mol. The molecule has 6 heteroatoms. The molecule has 0 aliphatic carbocycles. The lowest BCUT2D eigenvalue weighted by Crippen LogP contribution is -2.45. The first kappa shape index (κ1) is 12.5. The summed E-state index contributed by atoms with van der Waals surface area (Å²) in [4.78, 5) is 35.2. The van der Waals surface area contributed by atoms with Crippen LogP contribution >= 0.6 is 0 Å². The van der Waals surface area contributed by atoms with Crippen LogP contribution in [0.3, 0.4) is 0 Å². The number of hydrogen-bond acceptors (Lipinski definition) is 4. The SMILES string of the molecule is COC(=O)C1CCCN1C(=O)CNC(C)=O. The highest BCUT2D eigenvalue weighted by Gasteiger charge is 2.34. The molecule has 16 heavy (non-hydrogen) atoms. The van der Waals surface area contributed by atoms with E-state index in [0.717, 1.165) is 6.42 Å². The van der Waals surface area contributed by atoms with Crippen molar-refractivity contribution in [1.82, 2.24) is 10.2 Å². The van der Waals surface area contributed by atoms with E-state index in [1.807, 2.05) is 0 Å². The molecule has 90 valence electrons. The van der Waals surface area contributed by atoms with Crippen molar-refractivity contribution in [2.75, 3.05) is 20.2 Å². The summed E-state index contributed by atoms with van der Waals surface area (Å²) in [6, 6.07) is -0.494. The third-order valence-corrected chi connectivity index (χ3v) is 2.53. The number of carbonyl (C=O) groups excluding carboxylic acids is 3. The normalized spacial score (nSPS) is 19.4. The molecule has 0 aromatic carbocycles. The van der Waals surface area contributed by atoms with Gasteiger partial charge in [-0.1, -0.05) is 0 Å². The number of nitrogens with one attached hydrogen (secondary N) is 1. The molecule has 1 aliphatic rings. The van der Waals surface area contributed by atoms with Gasteiger partial charge in [0.1, 0.15) is 6.04 Å². The second kappa shape index (κ2) is 5.48. The molecule has 0 bridgehead atoms. The van der Waals surface area contributed by atoms with Crippen molar-refractivity contribution in [3.05, 3.63) is 0 Å². The van der Waals surface area contributed by atoms with E-state index in [9.17, 15) is 14.4 Å². The fraction of sp³-hybridized carbons (Fsp3) is 0.700. The largest absolute Gasteiger partial charge is 0.467 e. The molecule has 1 fully saturated rings. The Morgan fingerprint density at radius 2 is 2.12 bits per heavy atom. The molecule has 1 saturated heterocycles. The van der Waals surface area contributed by atoms with Gasteiger partial charge < -0.3 is 15.0 Å². The van der Waals surface area contributed by atoms with Gasteiger partial charge in [-0.2, -0.15) is 0 Å². The monoisotopic (exact) mass is 228 g/mol. The lowest BCUT2D eigenvalue weighted by molar-refractivity contribution is -0.150. The molecule has 1 N–H and O–H groups in total. The number of amides is 2. The zero-order valence-electron chi connectivity index (χ0n) is 9.49. The van der Waals surface area contributed by atoms with Crippen LogP contribution in [-0.2, 0) is 19.1 Å². The average molecular weight is 228 g/mol. The lowest BCUT2D eigenvalue weighted by Gasteiger charge is -2.22. The van der Waals surface area contributed by atoms with E-state index in [4.69, 9.17) is 0 Å². The highest BCUT2D eigenvalue weighted by atomic mass is 16.5. The second-order valence-electron chi connectivity index (χ2n) is 3.68. The van der Waals surface area contributed by atoms with E-state index in [-0.39, 0.29) is 18.4 Å². The average Bonchev–Trinajstić information content (AvgIpc) is 2.73. The van der Waals surface area contributed by atoms with E-state index in [0.29, 0.717) is 13.0 Å². The minimum Gasteiger partial charge on any atom is -0.467 e. The Labute approximate surface area is 93.9 Å². The Morgan fingerprint density at radius 3 is 2.69 bits per heavy atom. The third kappa shape index (κ3) is 2.95. The van der Waals surface area contributed by atoms with Crippen molar-refractivity contribution in [2.45, 2.75) is 25.8 Å². The Bertz CT molecular complexity index is 303. The summed E-state index contributed by atoms with van der Waals surface area (Å²) in [6.45, 7) is 1.82. The molecule has 2 amide bonds. The van der Waals surface area contributed by atoms with Crippen LogP contribution in [0.15, 0.2) is 0 Å². The summed E-state index contributed by atoms with van der Waals surface area (Å²) in [5.41, 5.74) is 0. The van der Waals surface area contributed by atoms with Crippen molar-refractivity contribution in [1.29, 1.82) is 0 Å². The Balaban J connectivity index is 2.54. The maximum atomic E-state index is 11.7. The van der Waals surface area contributed by atoms with Gasteiger partial charge >= 0.3 is 5.97 Å². The van der Waals surface area contributed by atoms with Crippen LogP contribution in [0.5, 0.6) is 0 Å².